The largest absolute Gasteiger partial charge is 0.338 e. The van der Waals surface area contributed by atoms with Gasteiger partial charge in [-0.1, -0.05) is 0 Å². The Hall–Kier alpha value is -1.89. The van der Waals surface area contributed by atoms with Crippen molar-refractivity contribution in [1.29, 1.82) is 0 Å². The van der Waals surface area contributed by atoms with E-state index in [0.717, 1.165) is 35.0 Å². The first-order valence-corrected chi connectivity index (χ1v) is 7.90. The summed E-state index contributed by atoms with van der Waals surface area (Å²) in [7, 11) is 0. The molecule has 2 heterocycles. The number of piperidine rings is 1. The third kappa shape index (κ3) is 2.99. The maximum Gasteiger partial charge on any atom is 0.256 e. The first-order chi connectivity index (χ1) is 10.5. The fraction of sp³-hybridized carbons (Fsp3) is 0.400. The Morgan fingerprint density at radius 1 is 1.36 bits per heavy atom. The normalized spacial score (nSPS) is 18.5. The third-order valence-corrected chi connectivity index (χ3v) is 4.76. The molecule has 0 saturated carbocycles. The Morgan fingerprint density at radius 3 is 2.86 bits per heavy atom. The van der Waals surface area contributed by atoms with Crippen LogP contribution in [0.15, 0.2) is 18.2 Å². The van der Waals surface area contributed by atoms with Crippen LogP contribution in [-0.2, 0) is 0 Å². The van der Waals surface area contributed by atoms with Gasteiger partial charge in [-0.15, -0.1) is 21.5 Å². The lowest BCUT2D eigenvalue weighted by Crippen LogP contribution is -2.39. The van der Waals surface area contributed by atoms with Gasteiger partial charge in [0.15, 0.2) is 0 Å². The van der Waals surface area contributed by atoms with Gasteiger partial charge in [0.1, 0.15) is 21.6 Å². The van der Waals surface area contributed by atoms with Crippen LogP contribution >= 0.6 is 11.3 Å². The zero-order valence-corrected chi connectivity index (χ0v) is 12.9. The molecule has 1 saturated heterocycles. The third-order valence-electron chi connectivity index (χ3n) is 3.76. The number of carbonyl (C=O) groups is 1. The van der Waals surface area contributed by atoms with Crippen LogP contribution in [0.1, 0.15) is 39.1 Å². The molecular formula is C15H15F2N3OS. The highest BCUT2D eigenvalue weighted by Gasteiger charge is 2.28. The minimum absolute atomic E-state index is 0.0875. The molecule has 0 N–H and O–H groups in total. The molecule has 4 nitrogen and oxygen atoms in total. The first kappa shape index (κ1) is 15.0. The van der Waals surface area contributed by atoms with Gasteiger partial charge in [-0.25, -0.2) is 8.78 Å². The number of hydrogen-bond acceptors (Lipinski definition) is 4. The zero-order chi connectivity index (χ0) is 15.7. The van der Waals surface area contributed by atoms with Crippen molar-refractivity contribution in [3.63, 3.8) is 0 Å². The lowest BCUT2D eigenvalue weighted by molar-refractivity contribution is 0.0702. The van der Waals surface area contributed by atoms with Crippen molar-refractivity contribution >= 4 is 17.2 Å². The van der Waals surface area contributed by atoms with E-state index in [1.54, 1.807) is 4.90 Å². The number of hydrogen-bond donors (Lipinski definition) is 0. The van der Waals surface area contributed by atoms with Crippen LogP contribution in [0.25, 0.3) is 0 Å². The zero-order valence-electron chi connectivity index (χ0n) is 12.1. The number of carbonyl (C=O) groups excluding carboxylic acids is 1. The number of rotatable bonds is 2. The molecule has 116 valence electrons. The molecular weight excluding hydrogens is 308 g/mol. The van der Waals surface area contributed by atoms with E-state index in [1.165, 1.54) is 17.4 Å². The molecule has 0 bridgehead atoms. The molecule has 1 aliphatic heterocycles. The van der Waals surface area contributed by atoms with Gasteiger partial charge in [0.2, 0.25) is 0 Å². The highest BCUT2D eigenvalue weighted by atomic mass is 32.1. The average Bonchev–Trinajstić information content (AvgIpc) is 2.93. The second-order valence-electron chi connectivity index (χ2n) is 5.37. The van der Waals surface area contributed by atoms with E-state index in [4.69, 9.17) is 0 Å². The molecule has 22 heavy (non-hydrogen) atoms. The highest BCUT2D eigenvalue weighted by molar-refractivity contribution is 7.11. The number of aryl methyl sites for hydroxylation is 1. The van der Waals surface area contributed by atoms with Crippen LogP contribution in [0.5, 0.6) is 0 Å². The molecule has 1 aromatic carbocycles. The number of halogens is 2. The second-order valence-corrected chi connectivity index (χ2v) is 6.59. The molecule has 0 spiro atoms. The average molecular weight is 323 g/mol. The number of aromatic nitrogens is 2. The fourth-order valence-electron chi connectivity index (χ4n) is 2.67. The van der Waals surface area contributed by atoms with Gasteiger partial charge in [-0.2, -0.15) is 0 Å². The summed E-state index contributed by atoms with van der Waals surface area (Å²) in [6.45, 7) is 2.95. The molecule has 1 fully saturated rings. The number of likely N-dealkylation sites (tertiary alicyclic amines) is 1. The van der Waals surface area contributed by atoms with Gasteiger partial charge in [0, 0.05) is 25.1 Å². The van der Waals surface area contributed by atoms with Gasteiger partial charge >= 0.3 is 0 Å². The molecule has 1 aromatic heterocycles. The second kappa shape index (κ2) is 6.08. The Labute approximate surface area is 130 Å². The van der Waals surface area contributed by atoms with E-state index >= 15 is 0 Å². The molecule has 3 rings (SSSR count). The Balaban J connectivity index is 1.78. The minimum atomic E-state index is -0.820. The molecule has 2 aromatic rings. The lowest BCUT2D eigenvalue weighted by Gasteiger charge is -2.31. The van der Waals surface area contributed by atoms with Gasteiger partial charge in [0.25, 0.3) is 5.91 Å². The van der Waals surface area contributed by atoms with E-state index in [1.807, 2.05) is 6.92 Å². The van der Waals surface area contributed by atoms with Gasteiger partial charge in [0.05, 0.1) is 5.56 Å². The summed E-state index contributed by atoms with van der Waals surface area (Å²) in [6, 6.07) is 3.04. The molecule has 1 aliphatic rings. The summed E-state index contributed by atoms with van der Waals surface area (Å²) < 4.78 is 26.7. The van der Waals surface area contributed by atoms with Crippen molar-refractivity contribution in [2.45, 2.75) is 25.7 Å². The monoisotopic (exact) mass is 323 g/mol. The van der Waals surface area contributed by atoms with Crippen LogP contribution in [0.4, 0.5) is 8.78 Å². The smallest absolute Gasteiger partial charge is 0.256 e. The van der Waals surface area contributed by atoms with E-state index in [-0.39, 0.29) is 11.5 Å². The molecule has 0 unspecified atom stereocenters. The maximum atomic E-state index is 13.8. The Bertz CT molecular complexity index is 704. The summed E-state index contributed by atoms with van der Waals surface area (Å²) in [5, 5.41) is 9.95. The maximum absolute atomic E-state index is 13.8. The predicted octanol–water partition coefficient (Wildman–Crippen LogP) is 3.14. The van der Waals surface area contributed by atoms with Crippen molar-refractivity contribution in [3.8, 4) is 0 Å². The number of benzene rings is 1. The SMILES string of the molecule is Cc1nnc([C@H]2CCCN(C(=O)c3ccc(F)cc3F)C2)s1. The predicted molar refractivity (Wildman–Crippen MR) is 78.9 cm³/mol. The molecule has 0 radical (unpaired) electrons. The quantitative estimate of drug-likeness (QED) is 0.853. The first-order valence-electron chi connectivity index (χ1n) is 7.09. The van der Waals surface area contributed by atoms with Crippen LogP contribution < -0.4 is 0 Å². The van der Waals surface area contributed by atoms with Crippen molar-refractivity contribution in [3.05, 3.63) is 45.4 Å². The Morgan fingerprint density at radius 2 is 2.18 bits per heavy atom. The van der Waals surface area contributed by atoms with Crippen LogP contribution in [-0.4, -0.2) is 34.1 Å². The molecule has 7 heteroatoms. The van der Waals surface area contributed by atoms with Crippen molar-refractivity contribution in [1.82, 2.24) is 15.1 Å². The topological polar surface area (TPSA) is 46.1 Å². The number of nitrogens with zero attached hydrogens (tertiary/aromatic N) is 3. The highest BCUT2D eigenvalue weighted by Crippen LogP contribution is 2.29. The standard InChI is InChI=1S/C15H15F2N3OS/c1-9-18-19-14(22-9)10-3-2-6-20(8-10)15(21)12-5-4-11(16)7-13(12)17/h4-5,7,10H,2-3,6,8H2,1H3/t10-/m0/s1. The summed E-state index contributed by atoms with van der Waals surface area (Å²) in [5.41, 5.74) is -0.0875. The van der Waals surface area contributed by atoms with E-state index < -0.39 is 17.5 Å². The van der Waals surface area contributed by atoms with E-state index in [2.05, 4.69) is 10.2 Å². The summed E-state index contributed by atoms with van der Waals surface area (Å²) in [5.74, 6) is -1.77. The summed E-state index contributed by atoms with van der Waals surface area (Å²) in [4.78, 5) is 14.1. The van der Waals surface area contributed by atoms with Crippen LogP contribution in [0.3, 0.4) is 0 Å². The van der Waals surface area contributed by atoms with Crippen LogP contribution in [0, 0.1) is 18.6 Å². The van der Waals surface area contributed by atoms with E-state index in [0.29, 0.717) is 13.1 Å². The fourth-order valence-corrected chi connectivity index (χ4v) is 3.50. The molecule has 0 aliphatic carbocycles. The van der Waals surface area contributed by atoms with Crippen molar-refractivity contribution < 1.29 is 13.6 Å². The number of amides is 1. The Kier molecular flexibility index (Phi) is 4.15. The minimum Gasteiger partial charge on any atom is -0.338 e. The van der Waals surface area contributed by atoms with Gasteiger partial charge < -0.3 is 4.90 Å². The van der Waals surface area contributed by atoms with Gasteiger partial charge in [-0.05, 0) is 31.9 Å². The van der Waals surface area contributed by atoms with Crippen molar-refractivity contribution in [2.75, 3.05) is 13.1 Å². The molecule has 1 amide bonds. The summed E-state index contributed by atoms with van der Waals surface area (Å²) in [6.07, 6.45) is 1.77. The van der Waals surface area contributed by atoms with E-state index in [9.17, 15) is 13.6 Å². The van der Waals surface area contributed by atoms with Crippen LogP contribution in [0.2, 0.25) is 0 Å². The van der Waals surface area contributed by atoms with Crippen molar-refractivity contribution in [2.24, 2.45) is 0 Å². The lowest BCUT2D eigenvalue weighted by atomic mass is 9.98. The summed E-state index contributed by atoms with van der Waals surface area (Å²) >= 11 is 1.53. The van der Waals surface area contributed by atoms with Gasteiger partial charge in [-0.3, -0.25) is 4.79 Å². The molecule has 1 atom stereocenters.